The molecule has 0 bridgehead atoms. The van der Waals surface area contributed by atoms with Gasteiger partial charge in [-0.1, -0.05) is 0 Å². The van der Waals surface area contributed by atoms with Gasteiger partial charge in [-0.05, 0) is 18.2 Å². The van der Waals surface area contributed by atoms with E-state index < -0.39 is 0 Å². The molecule has 3 nitrogen and oxygen atoms in total. The van der Waals surface area contributed by atoms with Crippen LogP contribution >= 0.6 is 0 Å². The first-order valence-corrected chi connectivity index (χ1v) is 3.71. The molecule has 0 fully saturated rings. The molecule has 0 aliphatic carbocycles. The molecular weight excluding hydrogens is 150 g/mol. The van der Waals surface area contributed by atoms with Crippen molar-refractivity contribution < 1.29 is 0 Å². The van der Waals surface area contributed by atoms with E-state index in [0.29, 0.717) is 5.69 Å². The van der Waals surface area contributed by atoms with Gasteiger partial charge in [-0.3, -0.25) is 4.98 Å². The van der Waals surface area contributed by atoms with Crippen LogP contribution in [0.5, 0.6) is 0 Å². The number of hydrogen-bond donors (Lipinski definition) is 2. The van der Waals surface area contributed by atoms with Gasteiger partial charge in [-0.2, -0.15) is 0 Å². The van der Waals surface area contributed by atoms with E-state index in [2.05, 4.69) is 9.97 Å². The Balaban J connectivity index is 2.43. The molecule has 0 aromatic carbocycles. The van der Waals surface area contributed by atoms with Gasteiger partial charge in [0.2, 0.25) is 0 Å². The molecule has 2 rings (SSSR count). The standard InChI is InChI=1S/C9H9N3/c10-8-1-2-9(12-6-8)7-3-4-11-5-7/h1-6,11H,10H2. The van der Waals surface area contributed by atoms with Crippen LogP contribution in [0.4, 0.5) is 5.69 Å². The zero-order chi connectivity index (χ0) is 8.39. The number of H-pyrrole nitrogens is 1. The monoisotopic (exact) mass is 159 g/mol. The van der Waals surface area contributed by atoms with E-state index in [1.54, 1.807) is 6.20 Å². The Kier molecular flexibility index (Phi) is 1.55. The fourth-order valence-corrected chi connectivity index (χ4v) is 1.06. The van der Waals surface area contributed by atoms with Gasteiger partial charge in [0.1, 0.15) is 0 Å². The normalized spacial score (nSPS) is 10.0. The van der Waals surface area contributed by atoms with E-state index in [9.17, 15) is 0 Å². The number of anilines is 1. The third-order valence-electron chi connectivity index (χ3n) is 1.68. The number of hydrogen-bond acceptors (Lipinski definition) is 2. The van der Waals surface area contributed by atoms with Gasteiger partial charge in [0.25, 0.3) is 0 Å². The van der Waals surface area contributed by atoms with Crippen LogP contribution in [-0.2, 0) is 0 Å². The van der Waals surface area contributed by atoms with Crippen LogP contribution in [0.1, 0.15) is 0 Å². The summed E-state index contributed by atoms with van der Waals surface area (Å²) in [5, 5.41) is 0. The second-order valence-corrected chi connectivity index (χ2v) is 2.58. The minimum absolute atomic E-state index is 0.689. The lowest BCUT2D eigenvalue weighted by atomic mass is 10.2. The molecule has 0 saturated heterocycles. The maximum absolute atomic E-state index is 5.51. The highest BCUT2D eigenvalue weighted by molar-refractivity contribution is 5.59. The molecule has 0 atom stereocenters. The number of nitrogens with zero attached hydrogens (tertiary/aromatic N) is 1. The molecule has 0 radical (unpaired) electrons. The quantitative estimate of drug-likeness (QED) is 0.664. The van der Waals surface area contributed by atoms with Crippen LogP contribution in [0.25, 0.3) is 11.3 Å². The second kappa shape index (κ2) is 2.70. The number of nitrogens with one attached hydrogen (secondary N) is 1. The average molecular weight is 159 g/mol. The maximum Gasteiger partial charge on any atom is 0.0718 e. The first kappa shape index (κ1) is 6.91. The maximum atomic E-state index is 5.51. The van der Waals surface area contributed by atoms with Crippen LogP contribution in [0.15, 0.2) is 36.8 Å². The van der Waals surface area contributed by atoms with E-state index >= 15 is 0 Å². The minimum Gasteiger partial charge on any atom is -0.397 e. The van der Waals surface area contributed by atoms with Gasteiger partial charge >= 0.3 is 0 Å². The third-order valence-corrected chi connectivity index (χ3v) is 1.68. The van der Waals surface area contributed by atoms with Crippen molar-refractivity contribution in [3.63, 3.8) is 0 Å². The lowest BCUT2D eigenvalue weighted by Gasteiger charge is -1.95. The summed E-state index contributed by atoms with van der Waals surface area (Å²) in [6.07, 6.45) is 5.42. The summed E-state index contributed by atoms with van der Waals surface area (Å²) in [5.74, 6) is 0. The summed E-state index contributed by atoms with van der Waals surface area (Å²) < 4.78 is 0. The van der Waals surface area contributed by atoms with Crippen molar-refractivity contribution >= 4 is 5.69 Å². The Morgan fingerprint density at radius 1 is 1.25 bits per heavy atom. The van der Waals surface area contributed by atoms with Gasteiger partial charge in [0.05, 0.1) is 17.6 Å². The number of nitrogen functional groups attached to an aromatic ring is 1. The lowest BCUT2D eigenvalue weighted by Crippen LogP contribution is -1.86. The highest BCUT2D eigenvalue weighted by Crippen LogP contribution is 2.15. The summed E-state index contributed by atoms with van der Waals surface area (Å²) in [4.78, 5) is 7.15. The van der Waals surface area contributed by atoms with E-state index in [1.807, 2.05) is 30.6 Å². The first-order chi connectivity index (χ1) is 5.86. The van der Waals surface area contributed by atoms with Crippen LogP contribution in [0.3, 0.4) is 0 Å². The molecule has 12 heavy (non-hydrogen) atoms. The topological polar surface area (TPSA) is 54.7 Å². The smallest absolute Gasteiger partial charge is 0.0718 e. The Morgan fingerprint density at radius 2 is 2.17 bits per heavy atom. The number of aromatic amines is 1. The van der Waals surface area contributed by atoms with Crippen LogP contribution < -0.4 is 5.73 Å². The zero-order valence-electron chi connectivity index (χ0n) is 6.49. The van der Waals surface area contributed by atoms with Gasteiger partial charge in [0.15, 0.2) is 0 Å². The molecule has 0 spiro atoms. The van der Waals surface area contributed by atoms with Crippen molar-refractivity contribution in [2.24, 2.45) is 0 Å². The molecule has 0 saturated carbocycles. The van der Waals surface area contributed by atoms with E-state index in [-0.39, 0.29) is 0 Å². The Bertz CT molecular complexity index is 348. The van der Waals surface area contributed by atoms with Crippen molar-refractivity contribution in [2.45, 2.75) is 0 Å². The molecule has 0 aliphatic heterocycles. The fraction of sp³-hybridized carbons (Fsp3) is 0. The van der Waals surface area contributed by atoms with Gasteiger partial charge < -0.3 is 10.7 Å². The Morgan fingerprint density at radius 3 is 2.75 bits per heavy atom. The molecule has 2 aromatic heterocycles. The van der Waals surface area contributed by atoms with Crippen LogP contribution in [0, 0.1) is 0 Å². The van der Waals surface area contributed by atoms with Crippen LogP contribution in [0.2, 0.25) is 0 Å². The lowest BCUT2D eigenvalue weighted by molar-refractivity contribution is 1.33. The number of aromatic nitrogens is 2. The first-order valence-electron chi connectivity index (χ1n) is 3.71. The largest absolute Gasteiger partial charge is 0.397 e. The highest BCUT2D eigenvalue weighted by atomic mass is 14.7. The molecule has 2 aromatic rings. The Labute approximate surface area is 70.3 Å². The van der Waals surface area contributed by atoms with Crippen molar-refractivity contribution in [2.75, 3.05) is 5.73 Å². The molecular formula is C9H9N3. The fourth-order valence-electron chi connectivity index (χ4n) is 1.06. The van der Waals surface area contributed by atoms with Gasteiger partial charge in [-0.15, -0.1) is 0 Å². The Hall–Kier alpha value is -1.77. The van der Waals surface area contributed by atoms with Crippen LogP contribution in [-0.4, -0.2) is 9.97 Å². The third kappa shape index (κ3) is 1.16. The predicted molar refractivity (Wildman–Crippen MR) is 48.4 cm³/mol. The average Bonchev–Trinajstić information content (AvgIpc) is 2.58. The van der Waals surface area contributed by atoms with E-state index in [0.717, 1.165) is 11.3 Å². The molecule has 0 aliphatic rings. The summed E-state index contributed by atoms with van der Waals surface area (Å²) in [6.45, 7) is 0. The SMILES string of the molecule is Nc1ccc(-c2cc[nH]c2)nc1. The predicted octanol–water partition coefficient (Wildman–Crippen LogP) is 1.66. The van der Waals surface area contributed by atoms with Gasteiger partial charge in [-0.25, -0.2) is 0 Å². The summed E-state index contributed by atoms with van der Waals surface area (Å²) in [6, 6.07) is 5.71. The number of nitrogens with two attached hydrogens (primary N) is 1. The highest BCUT2D eigenvalue weighted by Gasteiger charge is 1.96. The zero-order valence-corrected chi connectivity index (χ0v) is 6.49. The van der Waals surface area contributed by atoms with E-state index in [4.69, 9.17) is 5.73 Å². The van der Waals surface area contributed by atoms with Crippen molar-refractivity contribution in [3.05, 3.63) is 36.8 Å². The second-order valence-electron chi connectivity index (χ2n) is 2.58. The molecule has 2 heterocycles. The van der Waals surface area contributed by atoms with Crippen molar-refractivity contribution in [1.82, 2.24) is 9.97 Å². The van der Waals surface area contributed by atoms with E-state index in [1.165, 1.54) is 0 Å². The summed E-state index contributed by atoms with van der Waals surface area (Å²) in [5.41, 5.74) is 8.21. The molecule has 3 heteroatoms. The molecule has 0 unspecified atom stereocenters. The summed E-state index contributed by atoms with van der Waals surface area (Å²) in [7, 11) is 0. The van der Waals surface area contributed by atoms with Crippen molar-refractivity contribution in [1.29, 1.82) is 0 Å². The molecule has 0 amide bonds. The van der Waals surface area contributed by atoms with Crippen molar-refractivity contribution in [3.8, 4) is 11.3 Å². The number of rotatable bonds is 1. The summed E-state index contributed by atoms with van der Waals surface area (Å²) >= 11 is 0. The minimum atomic E-state index is 0.689. The molecule has 60 valence electrons. The number of pyridine rings is 1. The molecule has 3 N–H and O–H groups in total. The van der Waals surface area contributed by atoms with Gasteiger partial charge in [0, 0.05) is 18.0 Å².